The molecule has 33 heavy (non-hydrogen) atoms. The number of carbonyl (C=O) groups is 1. The molecule has 0 aromatic carbocycles. The van der Waals surface area contributed by atoms with E-state index in [1.54, 1.807) is 42.7 Å². The van der Waals surface area contributed by atoms with Crippen LogP contribution in [0.15, 0.2) is 47.7 Å². The van der Waals surface area contributed by atoms with Crippen LogP contribution in [-0.2, 0) is 0 Å². The second kappa shape index (κ2) is 9.65. The van der Waals surface area contributed by atoms with Gasteiger partial charge in [0.25, 0.3) is 5.91 Å². The van der Waals surface area contributed by atoms with Gasteiger partial charge >= 0.3 is 0 Å². The van der Waals surface area contributed by atoms with Crippen molar-refractivity contribution in [2.24, 2.45) is 16.8 Å². The van der Waals surface area contributed by atoms with E-state index < -0.39 is 6.04 Å². The minimum absolute atomic E-state index is 0.181. The summed E-state index contributed by atoms with van der Waals surface area (Å²) >= 11 is 1.78. The molecule has 0 aliphatic heterocycles. The number of hydrazone groups is 1. The summed E-state index contributed by atoms with van der Waals surface area (Å²) in [5.41, 5.74) is 2.68. The number of amides is 1. The molecule has 10 heteroatoms. The number of pyridine rings is 2. The number of aliphatic hydroxyl groups excluding tert-OH is 1. The van der Waals surface area contributed by atoms with E-state index in [9.17, 15) is 9.90 Å². The van der Waals surface area contributed by atoms with E-state index >= 15 is 0 Å². The lowest BCUT2D eigenvalue weighted by Gasteiger charge is -2.25. The van der Waals surface area contributed by atoms with Gasteiger partial charge in [0.2, 0.25) is 0 Å². The molecule has 1 amide bonds. The van der Waals surface area contributed by atoms with Crippen LogP contribution in [0.2, 0.25) is 0 Å². The number of amidine groups is 1. The largest absolute Gasteiger partial charge is 0.394 e. The fraction of sp³-hybridized carbons (Fsp3) is 0.304. The van der Waals surface area contributed by atoms with Gasteiger partial charge in [-0.3, -0.25) is 14.8 Å². The van der Waals surface area contributed by atoms with Crippen molar-refractivity contribution < 1.29 is 9.90 Å². The fourth-order valence-electron chi connectivity index (χ4n) is 3.37. The highest BCUT2D eigenvalue weighted by Crippen LogP contribution is 2.45. The van der Waals surface area contributed by atoms with E-state index in [-0.39, 0.29) is 18.3 Å². The summed E-state index contributed by atoms with van der Waals surface area (Å²) in [5.74, 6) is 12.3. The van der Waals surface area contributed by atoms with Crippen LogP contribution in [0.1, 0.15) is 52.3 Å². The first kappa shape index (κ1) is 22.8. The first-order chi connectivity index (χ1) is 15.9. The van der Waals surface area contributed by atoms with Gasteiger partial charge in [-0.05, 0) is 74.1 Å². The number of nitrogens with two attached hydrogens (primary N) is 2. The number of aliphatic hydroxyl groups is 1. The van der Waals surface area contributed by atoms with Crippen LogP contribution < -0.4 is 17.0 Å². The van der Waals surface area contributed by atoms with Crippen LogP contribution in [0.3, 0.4) is 0 Å². The van der Waals surface area contributed by atoms with Crippen LogP contribution in [0, 0.1) is 6.92 Å². The summed E-state index contributed by atoms with van der Waals surface area (Å²) in [6.45, 7) is 3.53. The Morgan fingerprint density at radius 1 is 1.33 bits per heavy atom. The molecule has 0 bridgehead atoms. The van der Waals surface area contributed by atoms with E-state index in [2.05, 4.69) is 32.5 Å². The quantitative estimate of drug-likeness (QED) is 0.182. The molecule has 3 heterocycles. The minimum atomic E-state index is -0.416. The van der Waals surface area contributed by atoms with Crippen molar-refractivity contribution in [3.05, 3.63) is 64.4 Å². The number of hydrazine groups is 1. The average molecular weight is 466 g/mol. The fourth-order valence-corrected chi connectivity index (χ4v) is 4.63. The number of thiophene rings is 1. The van der Waals surface area contributed by atoms with E-state index in [1.165, 1.54) is 22.7 Å². The molecular weight excluding hydrogens is 438 g/mol. The van der Waals surface area contributed by atoms with Crippen molar-refractivity contribution >= 4 is 28.9 Å². The molecule has 3 aromatic heterocycles. The summed E-state index contributed by atoms with van der Waals surface area (Å²) < 4.78 is 0. The zero-order valence-corrected chi connectivity index (χ0v) is 19.3. The van der Waals surface area contributed by atoms with E-state index in [4.69, 9.17) is 11.7 Å². The first-order valence-electron chi connectivity index (χ1n) is 10.7. The third kappa shape index (κ3) is 5.03. The van der Waals surface area contributed by atoms with Gasteiger partial charge in [-0.2, -0.15) is 5.10 Å². The van der Waals surface area contributed by atoms with E-state index in [1.807, 2.05) is 13.0 Å². The zero-order chi connectivity index (χ0) is 23.5. The van der Waals surface area contributed by atoms with Crippen LogP contribution in [0.5, 0.6) is 0 Å². The smallest absolute Gasteiger partial charge is 0.275 e. The molecule has 0 spiro atoms. The van der Waals surface area contributed by atoms with Crippen molar-refractivity contribution in [1.29, 1.82) is 0 Å². The molecule has 1 aliphatic rings. The molecule has 1 fully saturated rings. The molecule has 0 saturated heterocycles. The minimum Gasteiger partial charge on any atom is -0.394 e. The summed E-state index contributed by atoms with van der Waals surface area (Å²) in [4.78, 5) is 24.2. The number of nitrogens with one attached hydrogen (secondary N) is 1. The van der Waals surface area contributed by atoms with Gasteiger partial charge in [-0.25, -0.2) is 10.8 Å². The number of aryl methyl sites for hydroxylation is 1. The van der Waals surface area contributed by atoms with Gasteiger partial charge in [0, 0.05) is 16.0 Å². The maximum atomic E-state index is 12.9. The van der Waals surface area contributed by atoms with Gasteiger partial charge in [0.05, 0.1) is 12.6 Å². The Morgan fingerprint density at radius 2 is 2.12 bits per heavy atom. The average Bonchev–Trinajstić information content (AvgIpc) is 3.56. The Hall–Kier alpha value is -3.34. The number of rotatable bonds is 7. The lowest BCUT2D eigenvalue weighted by molar-refractivity contribution is 0.102. The normalized spacial score (nSPS) is 14.7. The van der Waals surface area contributed by atoms with E-state index in [0.29, 0.717) is 23.1 Å². The number of hydrogen-bond acceptors (Lipinski definition) is 8. The van der Waals surface area contributed by atoms with Crippen molar-refractivity contribution in [2.75, 3.05) is 11.9 Å². The molecule has 1 unspecified atom stereocenters. The molecule has 1 saturated carbocycles. The highest BCUT2D eigenvalue weighted by molar-refractivity contribution is 7.15. The lowest BCUT2D eigenvalue weighted by atomic mass is 10.1. The first-order valence-corrected chi connectivity index (χ1v) is 11.5. The topological polar surface area (TPSA) is 143 Å². The maximum Gasteiger partial charge on any atom is 0.275 e. The van der Waals surface area contributed by atoms with Crippen molar-refractivity contribution in [1.82, 2.24) is 15.0 Å². The SMILES string of the molecule is Cc1cnc(C(=O)Nc2cccc(/C(=N/N)N(N)C(C)CO)n2)cc1-c1ccc(C2CC2)s1. The second-order valence-corrected chi connectivity index (χ2v) is 9.23. The monoisotopic (exact) mass is 465 g/mol. The van der Waals surface area contributed by atoms with Crippen molar-refractivity contribution in [3.63, 3.8) is 0 Å². The molecule has 1 aliphatic carbocycles. The van der Waals surface area contributed by atoms with Crippen molar-refractivity contribution in [3.8, 4) is 10.4 Å². The Bertz CT molecular complexity index is 1190. The van der Waals surface area contributed by atoms with Crippen molar-refractivity contribution in [2.45, 2.75) is 38.6 Å². The zero-order valence-electron chi connectivity index (χ0n) is 18.5. The predicted molar refractivity (Wildman–Crippen MR) is 130 cm³/mol. The molecule has 3 aromatic rings. The highest BCUT2D eigenvalue weighted by atomic mass is 32.1. The molecule has 0 radical (unpaired) electrons. The molecular formula is C23H27N7O2S. The molecule has 1 atom stereocenters. The maximum absolute atomic E-state index is 12.9. The van der Waals surface area contributed by atoms with Crippen LogP contribution >= 0.6 is 11.3 Å². The van der Waals surface area contributed by atoms with Crippen LogP contribution in [0.4, 0.5) is 5.82 Å². The van der Waals surface area contributed by atoms with Gasteiger partial charge in [-0.1, -0.05) is 6.07 Å². The lowest BCUT2D eigenvalue weighted by Crippen LogP contribution is -2.47. The van der Waals surface area contributed by atoms with E-state index in [0.717, 1.165) is 16.0 Å². The van der Waals surface area contributed by atoms with Gasteiger partial charge in [0.1, 0.15) is 17.2 Å². The molecule has 172 valence electrons. The Kier molecular flexibility index (Phi) is 6.68. The third-order valence-corrected chi connectivity index (χ3v) is 6.81. The Labute approximate surface area is 196 Å². The molecule has 4 rings (SSSR count). The summed E-state index contributed by atoms with van der Waals surface area (Å²) in [6.07, 6.45) is 4.23. The third-order valence-electron chi connectivity index (χ3n) is 5.53. The number of aromatic nitrogens is 2. The number of nitrogens with zero attached hydrogens (tertiary/aromatic N) is 4. The summed E-state index contributed by atoms with van der Waals surface area (Å²) in [6, 6.07) is 10.7. The Balaban J connectivity index is 1.54. The summed E-state index contributed by atoms with van der Waals surface area (Å²) in [5, 5.41) is 17.1. The number of hydrogen-bond donors (Lipinski definition) is 4. The second-order valence-electron chi connectivity index (χ2n) is 8.11. The van der Waals surface area contributed by atoms with Crippen LogP contribution in [0.25, 0.3) is 10.4 Å². The summed E-state index contributed by atoms with van der Waals surface area (Å²) in [7, 11) is 0. The number of carbonyl (C=O) groups excluding carboxylic acids is 1. The van der Waals surface area contributed by atoms with Gasteiger partial charge < -0.3 is 16.3 Å². The highest BCUT2D eigenvalue weighted by Gasteiger charge is 2.25. The Morgan fingerprint density at radius 3 is 2.82 bits per heavy atom. The van der Waals surface area contributed by atoms with Gasteiger partial charge in [0.15, 0.2) is 5.84 Å². The molecule has 9 nitrogen and oxygen atoms in total. The van der Waals surface area contributed by atoms with Gasteiger partial charge in [-0.15, -0.1) is 11.3 Å². The van der Waals surface area contributed by atoms with Crippen LogP contribution in [-0.4, -0.2) is 44.5 Å². The predicted octanol–water partition coefficient (Wildman–Crippen LogP) is 2.82. The number of anilines is 1. The standard InChI is InChI=1S/C23H27N7O2S/c1-13-11-26-18(10-16(13)20-9-8-19(33-20)15-6-7-15)23(32)28-21-5-3-4-17(27-21)22(29-24)30(25)14(2)12-31/h3-5,8-11,14-15,31H,6-7,12,24-25H2,1-2H3,(H,27,28,32)/b29-22-. The molecule has 6 N–H and O–H groups in total.